The fourth-order valence-electron chi connectivity index (χ4n) is 3.93. The van der Waals surface area contributed by atoms with Gasteiger partial charge in [0.15, 0.2) is 0 Å². The van der Waals surface area contributed by atoms with Crippen LogP contribution in [0.15, 0.2) is 41.3 Å². The second kappa shape index (κ2) is 9.79. The molecule has 0 spiro atoms. The third kappa shape index (κ3) is 5.72. The fourth-order valence-corrected chi connectivity index (χ4v) is 4.21. The lowest BCUT2D eigenvalue weighted by molar-refractivity contribution is -0.0789. The van der Waals surface area contributed by atoms with Crippen molar-refractivity contribution in [2.24, 2.45) is 17.1 Å². The molecule has 0 radical (unpaired) electrons. The number of pyridine rings is 1. The lowest BCUT2D eigenvalue weighted by atomic mass is 9.88. The van der Waals surface area contributed by atoms with Gasteiger partial charge in [0.2, 0.25) is 0 Å². The Bertz CT molecular complexity index is 1120. The normalized spacial score (nSPS) is 21.5. The molecule has 1 fully saturated rings. The number of amides is 1. The molecule has 10 heteroatoms. The van der Waals surface area contributed by atoms with Crippen molar-refractivity contribution in [2.75, 3.05) is 13.1 Å². The number of halogens is 2. The molecule has 0 saturated carbocycles. The van der Waals surface area contributed by atoms with Gasteiger partial charge in [0.1, 0.15) is 10.8 Å². The SMILES string of the molecule is CC(C)(C)C1CN(C(=O)O)C[C@@H](Cn2cccc(C(N)=S)c2=O)[C@H](c2ccc(Cl)c(F)c2)O1. The highest BCUT2D eigenvalue weighted by Crippen LogP contribution is 2.38. The monoisotopic (exact) mass is 495 g/mol. The van der Waals surface area contributed by atoms with Crippen molar-refractivity contribution < 1.29 is 19.0 Å². The molecule has 1 aliphatic rings. The van der Waals surface area contributed by atoms with Gasteiger partial charge in [-0.15, -0.1) is 0 Å². The van der Waals surface area contributed by atoms with E-state index in [1.54, 1.807) is 18.3 Å². The van der Waals surface area contributed by atoms with Gasteiger partial charge in [-0.3, -0.25) is 4.79 Å². The molecule has 2 aromatic rings. The molecule has 3 rings (SSSR count). The Labute approximate surface area is 201 Å². The Balaban J connectivity index is 2.10. The average Bonchev–Trinajstić information content (AvgIpc) is 2.91. The van der Waals surface area contributed by atoms with Crippen LogP contribution < -0.4 is 11.3 Å². The highest BCUT2D eigenvalue weighted by molar-refractivity contribution is 7.80. The first-order chi connectivity index (χ1) is 15.4. The van der Waals surface area contributed by atoms with E-state index in [2.05, 4.69) is 0 Å². The predicted octanol–water partition coefficient (Wildman–Crippen LogP) is 4.06. The van der Waals surface area contributed by atoms with Gasteiger partial charge in [0.05, 0.1) is 29.3 Å². The second-order valence-electron chi connectivity index (χ2n) is 9.28. The van der Waals surface area contributed by atoms with Crippen LogP contribution in [0.1, 0.15) is 38.0 Å². The van der Waals surface area contributed by atoms with Crippen LogP contribution in [0.25, 0.3) is 0 Å². The number of aromatic nitrogens is 1. The van der Waals surface area contributed by atoms with Gasteiger partial charge in [-0.1, -0.05) is 50.7 Å². The van der Waals surface area contributed by atoms with E-state index in [1.807, 2.05) is 20.8 Å². The predicted molar refractivity (Wildman–Crippen MR) is 128 cm³/mol. The number of benzene rings is 1. The number of carbonyl (C=O) groups is 1. The van der Waals surface area contributed by atoms with E-state index in [0.717, 1.165) is 0 Å². The highest BCUT2D eigenvalue weighted by atomic mass is 35.5. The quantitative estimate of drug-likeness (QED) is 0.621. The second-order valence-corrected chi connectivity index (χ2v) is 10.1. The molecule has 0 aliphatic carbocycles. The van der Waals surface area contributed by atoms with Crippen molar-refractivity contribution >= 4 is 34.9 Å². The van der Waals surface area contributed by atoms with E-state index in [0.29, 0.717) is 5.56 Å². The molecule has 2 heterocycles. The third-order valence-electron chi connectivity index (χ3n) is 5.81. The molecule has 1 saturated heterocycles. The van der Waals surface area contributed by atoms with Crippen molar-refractivity contribution in [2.45, 2.75) is 39.5 Å². The van der Waals surface area contributed by atoms with E-state index in [9.17, 15) is 19.1 Å². The van der Waals surface area contributed by atoms with Gasteiger partial charge in [-0.05, 0) is 35.2 Å². The molecule has 178 valence electrons. The van der Waals surface area contributed by atoms with E-state index in [1.165, 1.54) is 27.7 Å². The van der Waals surface area contributed by atoms with Crippen LogP contribution in [0.2, 0.25) is 5.02 Å². The highest BCUT2D eigenvalue weighted by Gasteiger charge is 2.40. The third-order valence-corrected chi connectivity index (χ3v) is 6.33. The largest absolute Gasteiger partial charge is 0.465 e. The van der Waals surface area contributed by atoms with Crippen LogP contribution in [0.3, 0.4) is 0 Å². The molecule has 3 N–H and O–H groups in total. The standard InChI is InChI=1S/C23H27ClFN3O4S/c1-23(2,3)18-12-28(22(30)31)11-14(10-27-8-4-5-15(20(26)33)21(27)29)19(32-18)13-6-7-16(24)17(25)9-13/h4-9,14,18-19H,10-12H2,1-3H3,(H2,26,33)(H,30,31)/t14-,18?,19+/m1/s1. The summed E-state index contributed by atoms with van der Waals surface area (Å²) >= 11 is 10.9. The lowest BCUT2D eigenvalue weighted by Crippen LogP contribution is -2.42. The van der Waals surface area contributed by atoms with Crippen molar-refractivity contribution in [3.05, 3.63) is 68.8 Å². The minimum atomic E-state index is -1.09. The molecule has 1 amide bonds. The average molecular weight is 496 g/mol. The van der Waals surface area contributed by atoms with Gasteiger partial charge >= 0.3 is 6.09 Å². The van der Waals surface area contributed by atoms with Crippen LogP contribution in [0.5, 0.6) is 0 Å². The minimum absolute atomic E-state index is 0.0242. The summed E-state index contributed by atoms with van der Waals surface area (Å²) in [4.78, 5) is 26.2. The first kappa shape index (κ1) is 25.1. The molecule has 33 heavy (non-hydrogen) atoms. The van der Waals surface area contributed by atoms with E-state index in [4.69, 9.17) is 34.3 Å². The number of thiocarbonyl (C=S) groups is 1. The van der Waals surface area contributed by atoms with Crippen LogP contribution in [0.4, 0.5) is 9.18 Å². The summed E-state index contributed by atoms with van der Waals surface area (Å²) in [5.41, 5.74) is 5.60. The van der Waals surface area contributed by atoms with Crippen molar-refractivity contribution in [3.63, 3.8) is 0 Å². The van der Waals surface area contributed by atoms with Crippen LogP contribution in [-0.4, -0.2) is 44.8 Å². The Hall–Kier alpha value is -2.49. The first-order valence-electron chi connectivity index (χ1n) is 10.5. The van der Waals surface area contributed by atoms with Gasteiger partial charge in [-0.2, -0.15) is 0 Å². The molecule has 3 atom stereocenters. The van der Waals surface area contributed by atoms with Gasteiger partial charge < -0.3 is 25.0 Å². The molecule has 1 aromatic heterocycles. The molecular formula is C23H27ClFN3O4S. The Morgan fingerprint density at radius 3 is 2.61 bits per heavy atom. The number of nitrogens with two attached hydrogens (primary N) is 1. The molecule has 1 aliphatic heterocycles. The summed E-state index contributed by atoms with van der Waals surface area (Å²) in [6.07, 6.45) is -0.668. The molecule has 0 bridgehead atoms. The van der Waals surface area contributed by atoms with Crippen LogP contribution >= 0.6 is 23.8 Å². The topological polar surface area (TPSA) is 97.8 Å². The summed E-state index contributed by atoms with van der Waals surface area (Å²) in [5.74, 6) is -1.11. The smallest absolute Gasteiger partial charge is 0.407 e. The number of rotatable bonds is 4. The molecule has 7 nitrogen and oxygen atoms in total. The maximum atomic E-state index is 14.4. The number of nitrogens with zero attached hydrogens (tertiary/aromatic N) is 2. The van der Waals surface area contributed by atoms with E-state index in [-0.39, 0.29) is 40.8 Å². The summed E-state index contributed by atoms with van der Waals surface area (Å²) in [7, 11) is 0. The molecule has 1 aromatic carbocycles. The molecule has 1 unspecified atom stereocenters. The van der Waals surface area contributed by atoms with Gasteiger partial charge in [0.25, 0.3) is 5.56 Å². The summed E-state index contributed by atoms with van der Waals surface area (Å²) < 4.78 is 22.2. The maximum absolute atomic E-state index is 14.4. The number of hydrogen-bond acceptors (Lipinski definition) is 4. The number of carboxylic acid groups (broad SMARTS) is 1. The zero-order valence-electron chi connectivity index (χ0n) is 18.6. The van der Waals surface area contributed by atoms with Crippen LogP contribution in [-0.2, 0) is 11.3 Å². The van der Waals surface area contributed by atoms with Gasteiger partial charge in [0, 0.05) is 25.2 Å². The minimum Gasteiger partial charge on any atom is -0.465 e. The maximum Gasteiger partial charge on any atom is 0.407 e. The number of hydrogen-bond donors (Lipinski definition) is 2. The summed E-state index contributed by atoms with van der Waals surface area (Å²) in [6, 6.07) is 7.59. The summed E-state index contributed by atoms with van der Waals surface area (Å²) in [5, 5.41) is 9.81. The van der Waals surface area contributed by atoms with E-state index >= 15 is 0 Å². The van der Waals surface area contributed by atoms with Crippen molar-refractivity contribution in [3.8, 4) is 0 Å². The van der Waals surface area contributed by atoms with Crippen molar-refractivity contribution in [1.29, 1.82) is 0 Å². The number of ether oxygens (including phenoxy) is 1. The Morgan fingerprint density at radius 1 is 1.33 bits per heavy atom. The Morgan fingerprint density at radius 2 is 2.03 bits per heavy atom. The first-order valence-corrected chi connectivity index (χ1v) is 11.2. The zero-order chi connectivity index (χ0) is 24.5. The van der Waals surface area contributed by atoms with Crippen LogP contribution in [0, 0.1) is 17.2 Å². The Kier molecular flexibility index (Phi) is 7.45. The summed E-state index contributed by atoms with van der Waals surface area (Å²) in [6.45, 7) is 6.20. The molecular weight excluding hydrogens is 469 g/mol. The van der Waals surface area contributed by atoms with Crippen molar-refractivity contribution in [1.82, 2.24) is 9.47 Å². The lowest BCUT2D eigenvalue weighted by Gasteiger charge is -2.34. The van der Waals surface area contributed by atoms with E-state index < -0.39 is 35.5 Å². The van der Waals surface area contributed by atoms with Gasteiger partial charge in [-0.25, -0.2) is 9.18 Å². The fraction of sp³-hybridized carbons (Fsp3) is 0.435. The zero-order valence-corrected chi connectivity index (χ0v) is 20.2.